The number of piperazine rings is 1. The Morgan fingerprint density at radius 1 is 1.12 bits per heavy atom. The summed E-state index contributed by atoms with van der Waals surface area (Å²) in [6.07, 6.45) is 2.14. The Morgan fingerprint density at radius 2 is 1.76 bits per heavy atom. The van der Waals surface area contributed by atoms with Gasteiger partial charge in [-0.3, -0.25) is 4.90 Å². The normalized spacial score (nSPS) is 14.6. The SMILES string of the molecule is COC(=O)c1c(N)c(C#N)cn1-c1ccc(CCN2CCN(C(=O)OC(C)(C)C)CC2)cc1. The number of nitrogen functional groups attached to an aromatic ring is 1. The fraction of sp³-hybridized carbons (Fsp3) is 0.458. The fourth-order valence-corrected chi connectivity index (χ4v) is 3.71. The van der Waals surface area contributed by atoms with Crippen LogP contribution in [0.4, 0.5) is 10.5 Å². The van der Waals surface area contributed by atoms with Gasteiger partial charge in [-0.05, 0) is 44.9 Å². The van der Waals surface area contributed by atoms with E-state index >= 15 is 0 Å². The molecule has 0 bridgehead atoms. The van der Waals surface area contributed by atoms with Gasteiger partial charge in [0, 0.05) is 44.6 Å². The first-order chi connectivity index (χ1) is 15.6. The molecule has 2 N–H and O–H groups in total. The number of rotatable bonds is 5. The number of ether oxygens (including phenoxy) is 2. The molecule has 9 nitrogen and oxygen atoms in total. The molecule has 3 rings (SSSR count). The minimum Gasteiger partial charge on any atom is -0.464 e. The zero-order valence-electron chi connectivity index (χ0n) is 19.6. The Labute approximate surface area is 194 Å². The second kappa shape index (κ2) is 9.96. The number of esters is 1. The summed E-state index contributed by atoms with van der Waals surface area (Å²) in [5, 5.41) is 9.26. The highest BCUT2D eigenvalue weighted by Gasteiger charge is 2.26. The predicted molar refractivity (Wildman–Crippen MR) is 124 cm³/mol. The molecule has 0 radical (unpaired) electrons. The number of anilines is 1. The smallest absolute Gasteiger partial charge is 0.410 e. The van der Waals surface area contributed by atoms with E-state index in [2.05, 4.69) is 4.90 Å². The number of amides is 1. The highest BCUT2D eigenvalue weighted by atomic mass is 16.6. The number of aromatic nitrogens is 1. The Kier molecular flexibility index (Phi) is 7.29. The van der Waals surface area contributed by atoms with Crippen molar-refractivity contribution in [3.05, 3.63) is 47.3 Å². The first-order valence-electron chi connectivity index (χ1n) is 10.9. The Balaban J connectivity index is 1.58. The zero-order valence-corrected chi connectivity index (χ0v) is 19.6. The second-order valence-electron chi connectivity index (χ2n) is 9.00. The lowest BCUT2D eigenvalue weighted by molar-refractivity contribution is 0.0146. The molecule has 1 aliphatic rings. The van der Waals surface area contributed by atoms with Crippen molar-refractivity contribution < 1.29 is 19.1 Å². The minimum atomic E-state index is -0.594. The summed E-state index contributed by atoms with van der Waals surface area (Å²) in [6.45, 7) is 9.41. The Morgan fingerprint density at radius 3 is 2.30 bits per heavy atom. The Hall–Kier alpha value is -3.51. The number of nitriles is 1. The standard InChI is InChI=1S/C24H31N5O4/c1-24(2,3)33-23(31)28-13-11-27(12-14-28)10-9-17-5-7-19(8-6-17)29-16-18(15-25)20(26)21(29)22(30)32-4/h5-8,16H,9-14,26H2,1-4H3. The summed E-state index contributed by atoms with van der Waals surface area (Å²) in [7, 11) is 1.28. The minimum absolute atomic E-state index is 0.110. The van der Waals surface area contributed by atoms with Crippen molar-refractivity contribution in [1.29, 1.82) is 5.26 Å². The maximum absolute atomic E-state index is 12.2. The molecule has 0 atom stereocenters. The van der Waals surface area contributed by atoms with E-state index in [1.165, 1.54) is 7.11 Å². The van der Waals surface area contributed by atoms with E-state index in [4.69, 9.17) is 15.2 Å². The van der Waals surface area contributed by atoms with Crippen molar-refractivity contribution in [3.8, 4) is 11.8 Å². The first-order valence-corrected chi connectivity index (χ1v) is 10.9. The summed E-state index contributed by atoms with van der Waals surface area (Å²) < 4.78 is 11.9. The largest absolute Gasteiger partial charge is 0.464 e. The monoisotopic (exact) mass is 453 g/mol. The molecule has 1 amide bonds. The van der Waals surface area contributed by atoms with Gasteiger partial charge >= 0.3 is 12.1 Å². The third-order valence-electron chi connectivity index (χ3n) is 5.50. The molecule has 2 heterocycles. The van der Waals surface area contributed by atoms with Gasteiger partial charge < -0.3 is 24.7 Å². The number of carbonyl (C=O) groups is 2. The van der Waals surface area contributed by atoms with Crippen LogP contribution >= 0.6 is 0 Å². The molecule has 1 aliphatic heterocycles. The van der Waals surface area contributed by atoms with Gasteiger partial charge in [0.1, 0.15) is 11.7 Å². The number of hydrogen-bond donors (Lipinski definition) is 1. The highest BCUT2D eigenvalue weighted by Crippen LogP contribution is 2.25. The number of nitrogens with two attached hydrogens (primary N) is 1. The second-order valence-corrected chi connectivity index (χ2v) is 9.00. The van der Waals surface area contributed by atoms with Crippen LogP contribution in [0.5, 0.6) is 0 Å². The average molecular weight is 454 g/mol. The van der Waals surface area contributed by atoms with Crippen LogP contribution in [-0.2, 0) is 15.9 Å². The Bertz CT molecular complexity index is 1040. The van der Waals surface area contributed by atoms with Crippen molar-refractivity contribution >= 4 is 17.7 Å². The number of hydrogen-bond acceptors (Lipinski definition) is 7. The summed E-state index contributed by atoms with van der Waals surface area (Å²) in [5.41, 5.74) is 7.83. The molecular formula is C24H31N5O4. The van der Waals surface area contributed by atoms with Gasteiger partial charge in [0.15, 0.2) is 5.69 Å². The van der Waals surface area contributed by atoms with Gasteiger partial charge in [-0.15, -0.1) is 0 Å². The van der Waals surface area contributed by atoms with Crippen LogP contribution in [0, 0.1) is 11.3 Å². The topological polar surface area (TPSA) is 114 Å². The van der Waals surface area contributed by atoms with Crippen LogP contribution in [0.2, 0.25) is 0 Å². The molecular weight excluding hydrogens is 422 g/mol. The molecule has 0 aliphatic carbocycles. The van der Waals surface area contributed by atoms with Crippen LogP contribution in [0.3, 0.4) is 0 Å². The van der Waals surface area contributed by atoms with Gasteiger partial charge in [-0.1, -0.05) is 12.1 Å². The summed E-state index contributed by atoms with van der Waals surface area (Å²) in [6, 6.07) is 9.78. The van der Waals surface area contributed by atoms with Crippen molar-refractivity contribution in [2.45, 2.75) is 32.8 Å². The molecule has 33 heavy (non-hydrogen) atoms. The van der Waals surface area contributed by atoms with E-state index in [0.717, 1.165) is 37.3 Å². The third kappa shape index (κ3) is 5.84. The lowest BCUT2D eigenvalue weighted by Gasteiger charge is -2.35. The molecule has 1 aromatic heterocycles. The van der Waals surface area contributed by atoms with Crippen molar-refractivity contribution in [3.63, 3.8) is 0 Å². The van der Waals surface area contributed by atoms with Crippen LogP contribution in [0.25, 0.3) is 5.69 Å². The lowest BCUT2D eigenvalue weighted by Crippen LogP contribution is -2.50. The highest BCUT2D eigenvalue weighted by molar-refractivity contribution is 5.95. The average Bonchev–Trinajstić information content (AvgIpc) is 3.13. The maximum Gasteiger partial charge on any atom is 0.410 e. The predicted octanol–water partition coefficient (Wildman–Crippen LogP) is 2.81. The van der Waals surface area contributed by atoms with E-state index in [0.29, 0.717) is 13.1 Å². The molecule has 2 aromatic rings. The van der Waals surface area contributed by atoms with E-state index in [9.17, 15) is 14.9 Å². The fourth-order valence-electron chi connectivity index (χ4n) is 3.71. The van der Waals surface area contributed by atoms with Crippen molar-refractivity contribution in [2.75, 3.05) is 45.6 Å². The summed E-state index contributed by atoms with van der Waals surface area (Å²) >= 11 is 0. The zero-order chi connectivity index (χ0) is 24.2. The van der Waals surface area contributed by atoms with E-state index < -0.39 is 11.6 Å². The number of benzene rings is 1. The number of carbonyl (C=O) groups excluding carboxylic acids is 2. The van der Waals surface area contributed by atoms with Crippen molar-refractivity contribution in [1.82, 2.24) is 14.4 Å². The molecule has 0 saturated carbocycles. The van der Waals surface area contributed by atoms with Gasteiger partial charge in [0.25, 0.3) is 0 Å². The lowest BCUT2D eigenvalue weighted by atomic mass is 10.1. The van der Waals surface area contributed by atoms with E-state index in [-0.39, 0.29) is 23.0 Å². The maximum atomic E-state index is 12.2. The van der Waals surface area contributed by atoms with Gasteiger partial charge in [0.05, 0.1) is 18.4 Å². The van der Waals surface area contributed by atoms with Gasteiger partial charge in [-0.2, -0.15) is 5.26 Å². The van der Waals surface area contributed by atoms with Crippen LogP contribution in [0.15, 0.2) is 30.5 Å². The van der Waals surface area contributed by atoms with Gasteiger partial charge in [0.2, 0.25) is 0 Å². The molecule has 1 saturated heterocycles. The molecule has 176 valence electrons. The quantitative estimate of drug-likeness (QED) is 0.693. The molecule has 0 unspecified atom stereocenters. The number of methoxy groups -OCH3 is 1. The number of nitrogens with zero attached hydrogens (tertiary/aromatic N) is 4. The molecule has 1 fully saturated rings. The molecule has 9 heteroatoms. The molecule has 0 spiro atoms. The van der Waals surface area contributed by atoms with Crippen LogP contribution < -0.4 is 5.73 Å². The third-order valence-corrected chi connectivity index (χ3v) is 5.50. The van der Waals surface area contributed by atoms with Crippen LogP contribution in [-0.4, -0.2) is 71.9 Å². The van der Waals surface area contributed by atoms with Crippen molar-refractivity contribution in [2.24, 2.45) is 0 Å². The van der Waals surface area contributed by atoms with E-state index in [1.54, 1.807) is 15.7 Å². The summed E-state index contributed by atoms with van der Waals surface area (Å²) in [4.78, 5) is 28.5. The van der Waals surface area contributed by atoms with Crippen LogP contribution in [0.1, 0.15) is 42.4 Å². The first kappa shape index (κ1) is 24.1. The molecule has 1 aromatic carbocycles. The summed E-state index contributed by atoms with van der Waals surface area (Å²) in [5.74, 6) is -0.594. The van der Waals surface area contributed by atoms with Gasteiger partial charge in [-0.25, -0.2) is 9.59 Å². The van der Waals surface area contributed by atoms with E-state index in [1.807, 2.05) is 51.1 Å².